The summed E-state index contributed by atoms with van der Waals surface area (Å²) in [6, 6.07) is 1.72. The molecule has 17 nitrogen and oxygen atoms in total. The number of imidazole rings is 1. The molecular weight excluding hydrogens is 588 g/mol. The Morgan fingerprint density at radius 2 is 2.05 bits per heavy atom. The number of anilines is 2. The fourth-order valence-electron chi connectivity index (χ4n) is 5.35. The first kappa shape index (κ1) is 26.7. The summed E-state index contributed by atoms with van der Waals surface area (Å²) in [5.41, 5.74) is 8.86. The van der Waals surface area contributed by atoms with E-state index in [9.17, 15) is 19.9 Å². The number of nitrogens with two attached hydrogens (primary N) is 2. The Hall–Kier alpha value is -3.13. The molecule has 6 heterocycles. The van der Waals surface area contributed by atoms with Gasteiger partial charge in [0.05, 0.1) is 24.4 Å². The molecule has 0 amide bonds. The van der Waals surface area contributed by atoms with Crippen LogP contribution in [0, 0.1) is 0 Å². The maximum atomic E-state index is 15.7. The van der Waals surface area contributed by atoms with E-state index in [0.717, 1.165) is 0 Å². The number of fused-ring (bicyclic) bond motifs is 3. The SMILES string of the molecule is Nc1nc2c(ncn2[C@@H]2O[C@@H]3C(O)[C@]3(F)[C@H]2OP(O)(=S)OC[C@H]2O[C@@H](n3ccc4c(N)ncnc43)C[C@@H]2O)c(=O)[nH]1. The number of nitrogen functional groups attached to an aromatic ring is 2. The number of halogens is 1. The standard InChI is InChI=1S/C21H23FN9O8PS/c22-21-12(33)13(21)38-19(31-6-27-11-17(31)28-20(24)29-18(11)34)14(21)39-40(35,41)36-4-9-8(32)3-10(37-9)30-2-1-7-15(23)25-5-26-16(7)30/h1-2,5-6,8-10,12-14,19,32-33H,3-4H2,(H,35,41)(H2,23,25,26)(H3,24,28,29,34)/t8-,9+,10+,12?,13+,14-,19+,21+,40?/m0/s1. The van der Waals surface area contributed by atoms with Crippen LogP contribution in [0.4, 0.5) is 16.2 Å². The summed E-state index contributed by atoms with van der Waals surface area (Å²) >= 11 is 5.15. The molecular formula is C21H23FN9O8PS. The summed E-state index contributed by atoms with van der Waals surface area (Å²) in [6.07, 6.45) is -4.08. The van der Waals surface area contributed by atoms with Gasteiger partial charge in [0.25, 0.3) is 5.56 Å². The van der Waals surface area contributed by atoms with E-state index in [1.165, 1.54) is 17.2 Å². The fourth-order valence-corrected chi connectivity index (χ4v) is 6.76. The predicted octanol–water partition coefficient (Wildman–Crippen LogP) is -1.02. The first-order valence-electron chi connectivity index (χ1n) is 12.3. The Bertz CT molecular complexity index is 1790. The number of rotatable bonds is 7. The zero-order valence-corrected chi connectivity index (χ0v) is 22.4. The molecule has 20 heteroatoms. The minimum absolute atomic E-state index is 0.0329. The van der Waals surface area contributed by atoms with Gasteiger partial charge in [0.15, 0.2) is 29.2 Å². The third kappa shape index (κ3) is 4.16. The van der Waals surface area contributed by atoms with Crippen LogP contribution in [-0.4, -0.2) is 92.0 Å². The highest BCUT2D eigenvalue weighted by Crippen LogP contribution is 2.62. The molecule has 2 aliphatic heterocycles. The summed E-state index contributed by atoms with van der Waals surface area (Å²) in [5, 5.41) is 21.4. The molecule has 218 valence electrons. The number of hydrogen-bond donors (Lipinski definition) is 6. The Morgan fingerprint density at radius 1 is 1.24 bits per heavy atom. The van der Waals surface area contributed by atoms with E-state index in [-0.39, 0.29) is 23.5 Å². The van der Waals surface area contributed by atoms with Crippen LogP contribution in [0.5, 0.6) is 0 Å². The first-order valence-corrected chi connectivity index (χ1v) is 14.9. The first-order chi connectivity index (χ1) is 19.5. The lowest BCUT2D eigenvalue weighted by Gasteiger charge is -2.29. The molecule has 9 atom stereocenters. The van der Waals surface area contributed by atoms with Crippen LogP contribution in [0.1, 0.15) is 18.9 Å². The molecule has 2 unspecified atom stereocenters. The lowest BCUT2D eigenvalue weighted by atomic mass is 10.2. The van der Waals surface area contributed by atoms with E-state index in [1.807, 2.05) is 0 Å². The fraction of sp³-hybridized carbons (Fsp3) is 0.476. The number of alkyl halides is 1. The molecule has 8 N–H and O–H groups in total. The number of aliphatic hydroxyl groups excluding tert-OH is 2. The van der Waals surface area contributed by atoms with Gasteiger partial charge in [-0.3, -0.25) is 18.9 Å². The monoisotopic (exact) mass is 611 g/mol. The van der Waals surface area contributed by atoms with Crippen molar-refractivity contribution in [3.8, 4) is 0 Å². The topological polar surface area (TPSA) is 244 Å². The van der Waals surface area contributed by atoms with Crippen molar-refractivity contribution < 1.29 is 38.0 Å². The van der Waals surface area contributed by atoms with Crippen molar-refractivity contribution in [2.75, 3.05) is 18.1 Å². The van der Waals surface area contributed by atoms with Crippen molar-refractivity contribution >= 4 is 52.5 Å². The second-order valence-electron chi connectivity index (χ2n) is 9.94. The second kappa shape index (κ2) is 9.18. The Labute approximate surface area is 233 Å². The van der Waals surface area contributed by atoms with E-state index in [4.69, 9.17) is 41.8 Å². The summed E-state index contributed by atoms with van der Waals surface area (Å²) < 4.78 is 41.2. The number of nitrogens with one attached hydrogen (secondary N) is 1. The number of aromatic nitrogens is 7. The molecule has 1 aliphatic carbocycles. The highest BCUT2D eigenvalue weighted by molar-refractivity contribution is 8.07. The van der Waals surface area contributed by atoms with Gasteiger partial charge in [-0.25, -0.2) is 19.3 Å². The van der Waals surface area contributed by atoms with Gasteiger partial charge in [0, 0.05) is 12.6 Å². The Morgan fingerprint density at radius 3 is 2.85 bits per heavy atom. The third-order valence-electron chi connectivity index (χ3n) is 7.48. The lowest BCUT2D eigenvalue weighted by molar-refractivity contribution is -0.0793. The maximum absolute atomic E-state index is 15.7. The van der Waals surface area contributed by atoms with Gasteiger partial charge in [-0.05, 0) is 17.9 Å². The van der Waals surface area contributed by atoms with Crippen molar-refractivity contribution in [2.24, 2.45) is 0 Å². The van der Waals surface area contributed by atoms with Crippen LogP contribution >= 0.6 is 6.72 Å². The van der Waals surface area contributed by atoms with Crippen LogP contribution in [-0.2, 0) is 30.3 Å². The normalized spacial score (nSPS) is 34.3. The van der Waals surface area contributed by atoms with Gasteiger partial charge in [-0.15, -0.1) is 0 Å². The molecule has 0 bridgehead atoms. The average molecular weight is 612 g/mol. The second-order valence-corrected chi connectivity index (χ2v) is 12.7. The number of aliphatic hydroxyl groups is 2. The summed E-state index contributed by atoms with van der Waals surface area (Å²) in [5.74, 6) is 0.0793. The van der Waals surface area contributed by atoms with Gasteiger partial charge in [0.1, 0.15) is 42.3 Å². The molecule has 2 saturated heterocycles. The third-order valence-corrected chi connectivity index (χ3v) is 9.02. The summed E-state index contributed by atoms with van der Waals surface area (Å²) in [7, 11) is 0. The van der Waals surface area contributed by atoms with Crippen LogP contribution < -0.4 is 17.0 Å². The molecule has 0 spiro atoms. The van der Waals surface area contributed by atoms with Crippen LogP contribution in [0.3, 0.4) is 0 Å². The van der Waals surface area contributed by atoms with Gasteiger partial charge < -0.3 is 45.1 Å². The Balaban J connectivity index is 1.08. The van der Waals surface area contributed by atoms with E-state index >= 15 is 4.39 Å². The van der Waals surface area contributed by atoms with Crippen molar-refractivity contribution in [3.05, 3.63) is 35.3 Å². The highest BCUT2D eigenvalue weighted by Gasteiger charge is 2.80. The maximum Gasteiger partial charge on any atom is 0.325 e. The Kier molecular flexibility index (Phi) is 5.99. The van der Waals surface area contributed by atoms with Crippen LogP contribution in [0.25, 0.3) is 22.2 Å². The van der Waals surface area contributed by atoms with Crippen molar-refractivity contribution in [1.29, 1.82) is 0 Å². The smallest absolute Gasteiger partial charge is 0.325 e. The predicted molar refractivity (Wildman–Crippen MR) is 140 cm³/mol. The molecule has 1 saturated carbocycles. The highest BCUT2D eigenvalue weighted by atomic mass is 32.5. The molecule has 0 radical (unpaired) electrons. The largest absolute Gasteiger partial charge is 0.390 e. The molecule has 3 aliphatic rings. The number of H-pyrrole nitrogens is 1. The van der Waals surface area contributed by atoms with Crippen molar-refractivity contribution in [3.63, 3.8) is 0 Å². The van der Waals surface area contributed by atoms with Gasteiger partial charge >= 0.3 is 6.72 Å². The average Bonchev–Trinajstić information content (AvgIpc) is 3.49. The van der Waals surface area contributed by atoms with Gasteiger partial charge in [0.2, 0.25) is 5.95 Å². The lowest BCUT2D eigenvalue weighted by Crippen LogP contribution is -2.36. The zero-order chi connectivity index (χ0) is 28.8. The molecule has 4 aromatic rings. The van der Waals surface area contributed by atoms with E-state index in [1.54, 1.807) is 16.8 Å². The van der Waals surface area contributed by atoms with Crippen LogP contribution in [0.2, 0.25) is 0 Å². The number of ether oxygens (including phenoxy) is 2. The zero-order valence-electron chi connectivity index (χ0n) is 20.7. The van der Waals surface area contributed by atoms with E-state index < -0.39 is 67.5 Å². The van der Waals surface area contributed by atoms with E-state index in [2.05, 4.69) is 24.9 Å². The molecule has 4 aromatic heterocycles. The molecule has 41 heavy (non-hydrogen) atoms. The number of hydrogen-bond acceptors (Lipinski definition) is 14. The van der Waals surface area contributed by atoms with Crippen molar-refractivity contribution in [2.45, 2.75) is 55.1 Å². The number of nitrogens with zero attached hydrogens (tertiary/aromatic N) is 6. The van der Waals surface area contributed by atoms with E-state index in [0.29, 0.717) is 16.9 Å². The molecule has 3 fully saturated rings. The summed E-state index contributed by atoms with van der Waals surface area (Å²) in [4.78, 5) is 41.6. The van der Waals surface area contributed by atoms with Gasteiger partial charge in [-0.2, -0.15) is 4.98 Å². The van der Waals surface area contributed by atoms with Crippen LogP contribution in [0.15, 0.2) is 29.7 Å². The molecule has 0 aromatic carbocycles. The van der Waals surface area contributed by atoms with Crippen molar-refractivity contribution in [1.82, 2.24) is 34.1 Å². The quantitative estimate of drug-likeness (QED) is 0.137. The van der Waals surface area contributed by atoms with Gasteiger partial charge in [-0.1, -0.05) is 0 Å². The minimum atomic E-state index is -4.22. The summed E-state index contributed by atoms with van der Waals surface area (Å²) in [6.45, 7) is -4.62. The number of aromatic amines is 1. The minimum Gasteiger partial charge on any atom is -0.390 e. The molecule has 7 rings (SSSR count).